The summed E-state index contributed by atoms with van der Waals surface area (Å²) in [6, 6.07) is 0. The number of nitrogens with zero attached hydrogens (tertiary/aromatic N) is 4. The van der Waals surface area contributed by atoms with Crippen molar-refractivity contribution in [2.45, 2.75) is 13.5 Å². The zero-order valence-corrected chi connectivity index (χ0v) is 12.3. The van der Waals surface area contributed by atoms with Gasteiger partial charge < -0.3 is 16.0 Å². The summed E-state index contributed by atoms with van der Waals surface area (Å²) in [5.74, 6) is -0.143. The Kier molecular flexibility index (Phi) is 4.97. The smallest absolute Gasteiger partial charge is 0.271 e. The van der Waals surface area contributed by atoms with Crippen molar-refractivity contribution in [3.63, 3.8) is 0 Å². The van der Waals surface area contributed by atoms with Gasteiger partial charge in [-0.05, 0) is 14.0 Å². The minimum Gasteiger partial charge on any atom is -0.396 e. The lowest BCUT2D eigenvalue weighted by Crippen LogP contribution is -2.47. The van der Waals surface area contributed by atoms with Crippen molar-refractivity contribution in [1.82, 2.24) is 24.9 Å². The Hall–Kier alpha value is -1.60. The third-order valence-electron chi connectivity index (χ3n) is 3.69. The van der Waals surface area contributed by atoms with Crippen LogP contribution in [0.1, 0.15) is 17.4 Å². The third-order valence-corrected chi connectivity index (χ3v) is 3.69. The average Bonchev–Trinajstić information content (AvgIpc) is 2.82. The molecule has 1 fully saturated rings. The molecule has 1 aliphatic heterocycles. The molecule has 0 aromatic carbocycles. The lowest BCUT2D eigenvalue weighted by molar-refractivity contribution is 0.0931. The van der Waals surface area contributed by atoms with Gasteiger partial charge in [0.05, 0.1) is 11.9 Å². The number of hydrogen-bond donors (Lipinski definition) is 2. The average molecular weight is 280 g/mol. The molecule has 0 radical (unpaired) electrons. The molecular formula is C13H24N6O. The highest BCUT2D eigenvalue weighted by atomic mass is 16.2. The van der Waals surface area contributed by atoms with Crippen LogP contribution < -0.4 is 11.1 Å². The molecular weight excluding hydrogens is 256 g/mol. The van der Waals surface area contributed by atoms with Crippen molar-refractivity contribution in [3.05, 3.63) is 11.9 Å². The molecule has 0 unspecified atom stereocenters. The SMILES string of the molecule is CCn1ncc(N)c1C(=O)NCCN1CCN(C)CC1. The molecule has 0 bridgehead atoms. The quantitative estimate of drug-likeness (QED) is 0.757. The number of carbonyl (C=O) groups excluding carboxylic acids is 1. The largest absolute Gasteiger partial charge is 0.396 e. The molecule has 0 saturated carbocycles. The van der Waals surface area contributed by atoms with Gasteiger partial charge in [0.2, 0.25) is 0 Å². The second kappa shape index (κ2) is 6.71. The van der Waals surface area contributed by atoms with Gasteiger partial charge in [-0.2, -0.15) is 5.10 Å². The van der Waals surface area contributed by atoms with Crippen molar-refractivity contribution < 1.29 is 4.79 Å². The van der Waals surface area contributed by atoms with Gasteiger partial charge in [-0.15, -0.1) is 0 Å². The zero-order valence-electron chi connectivity index (χ0n) is 12.3. The van der Waals surface area contributed by atoms with Gasteiger partial charge in [0.25, 0.3) is 5.91 Å². The van der Waals surface area contributed by atoms with Gasteiger partial charge in [0, 0.05) is 45.8 Å². The van der Waals surface area contributed by atoms with E-state index in [-0.39, 0.29) is 5.91 Å². The van der Waals surface area contributed by atoms with E-state index in [1.54, 1.807) is 4.68 Å². The number of likely N-dealkylation sites (N-methyl/N-ethyl adjacent to an activating group) is 1. The van der Waals surface area contributed by atoms with Gasteiger partial charge in [0.15, 0.2) is 0 Å². The van der Waals surface area contributed by atoms with Crippen LogP contribution in [0.25, 0.3) is 0 Å². The Balaban J connectivity index is 1.79. The van der Waals surface area contributed by atoms with E-state index in [1.165, 1.54) is 6.20 Å². The van der Waals surface area contributed by atoms with E-state index in [0.717, 1.165) is 32.7 Å². The molecule has 3 N–H and O–H groups in total. The molecule has 1 saturated heterocycles. The molecule has 2 heterocycles. The fourth-order valence-electron chi connectivity index (χ4n) is 2.37. The number of nitrogens with two attached hydrogens (primary N) is 1. The number of nitrogens with one attached hydrogen (secondary N) is 1. The standard InChI is InChI=1S/C13H24N6O/c1-3-19-12(11(14)10-16-19)13(20)15-4-5-18-8-6-17(2)7-9-18/h10H,3-9,14H2,1-2H3,(H,15,20). The summed E-state index contributed by atoms with van der Waals surface area (Å²) in [7, 11) is 2.13. The molecule has 1 aromatic heterocycles. The molecule has 20 heavy (non-hydrogen) atoms. The fourth-order valence-corrected chi connectivity index (χ4v) is 2.37. The van der Waals surface area contributed by atoms with Gasteiger partial charge in [-0.1, -0.05) is 0 Å². The number of nitrogen functional groups attached to an aromatic ring is 1. The molecule has 1 amide bonds. The van der Waals surface area contributed by atoms with E-state index in [9.17, 15) is 4.79 Å². The molecule has 1 aromatic rings. The predicted octanol–water partition coefficient (Wildman–Crippen LogP) is -0.538. The first-order valence-electron chi connectivity index (χ1n) is 7.12. The summed E-state index contributed by atoms with van der Waals surface area (Å²) in [5, 5.41) is 7.00. The van der Waals surface area contributed by atoms with Crippen LogP contribution in [-0.2, 0) is 6.54 Å². The molecule has 0 aliphatic carbocycles. The van der Waals surface area contributed by atoms with Crippen LogP contribution in [0.15, 0.2) is 6.20 Å². The summed E-state index contributed by atoms with van der Waals surface area (Å²) in [4.78, 5) is 16.8. The van der Waals surface area contributed by atoms with E-state index in [4.69, 9.17) is 5.73 Å². The maximum absolute atomic E-state index is 12.1. The van der Waals surface area contributed by atoms with Gasteiger partial charge in [0.1, 0.15) is 5.69 Å². The highest BCUT2D eigenvalue weighted by Crippen LogP contribution is 2.10. The number of piperazine rings is 1. The fraction of sp³-hybridized carbons (Fsp3) is 0.692. The van der Waals surface area contributed by atoms with Crippen molar-refractivity contribution >= 4 is 11.6 Å². The third kappa shape index (κ3) is 3.49. The topological polar surface area (TPSA) is 79.4 Å². The molecule has 1 aliphatic rings. The molecule has 112 valence electrons. The highest BCUT2D eigenvalue weighted by molar-refractivity contribution is 5.97. The summed E-state index contributed by atoms with van der Waals surface area (Å²) in [6.07, 6.45) is 1.53. The lowest BCUT2D eigenvalue weighted by Gasteiger charge is -2.32. The normalized spacial score (nSPS) is 17.3. The summed E-state index contributed by atoms with van der Waals surface area (Å²) in [6.45, 7) is 8.37. The maximum atomic E-state index is 12.1. The van der Waals surface area contributed by atoms with Crippen LogP contribution in [0.4, 0.5) is 5.69 Å². The Labute approximate surface area is 119 Å². The first kappa shape index (κ1) is 14.8. The Bertz CT molecular complexity index is 450. The minimum absolute atomic E-state index is 0.143. The maximum Gasteiger partial charge on any atom is 0.271 e. The zero-order chi connectivity index (χ0) is 14.5. The van der Waals surface area contributed by atoms with E-state index < -0.39 is 0 Å². The van der Waals surface area contributed by atoms with Crippen molar-refractivity contribution in [1.29, 1.82) is 0 Å². The first-order chi connectivity index (χ1) is 9.61. The lowest BCUT2D eigenvalue weighted by atomic mass is 10.3. The number of aromatic nitrogens is 2. The predicted molar refractivity (Wildman–Crippen MR) is 78.6 cm³/mol. The minimum atomic E-state index is -0.143. The van der Waals surface area contributed by atoms with Crippen molar-refractivity contribution in [2.75, 3.05) is 52.0 Å². The number of amides is 1. The number of carbonyl (C=O) groups is 1. The molecule has 0 atom stereocenters. The molecule has 2 rings (SSSR count). The van der Waals surface area contributed by atoms with Crippen LogP contribution in [0.3, 0.4) is 0 Å². The summed E-state index contributed by atoms with van der Waals surface area (Å²) < 4.78 is 1.63. The Morgan fingerprint density at radius 1 is 1.40 bits per heavy atom. The van der Waals surface area contributed by atoms with E-state index >= 15 is 0 Å². The number of rotatable bonds is 5. The van der Waals surface area contributed by atoms with Crippen LogP contribution >= 0.6 is 0 Å². The van der Waals surface area contributed by atoms with Crippen molar-refractivity contribution in [2.24, 2.45) is 0 Å². The van der Waals surface area contributed by atoms with E-state index in [1.807, 2.05) is 6.92 Å². The van der Waals surface area contributed by atoms with E-state index in [0.29, 0.717) is 24.5 Å². The second-order valence-electron chi connectivity index (χ2n) is 5.17. The van der Waals surface area contributed by atoms with Crippen LogP contribution in [0, 0.1) is 0 Å². The van der Waals surface area contributed by atoms with Crippen molar-refractivity contribution in [3.8, 4) is 0 Å². The van der Waals surface area contributed by atoms with Crippen LogP contribution in [0.2, 0.25) is 0 Å². The van der Waals surface area contributed by atoms with E-state index in [2.05, 4.69) is 27.3 Å². The Morgan fingerprint density at radius 3 is 2.75 bits per heavy atom. The number of anilines is 1. The first-order valence-corrected chi connectivity index (χ1v) is 7.12. The number of aryl methyl sites for hydroxylation is 1. The van der Waals surface area contributed by atoms with Gasteiger partial charge in [-0.25, -0.2) is 0 Å². The molecule has 7 nitrogen and oxygen atoms in total. The highest BCUT2D eigenvalue weighted by Gasteiger charge is 2.17. The van der Waals surface area contributed by atoms with Gasteiger partial charge in [-0.3, -0.25) is 14.4 Å². The second-order valence-corrected chi connectivity index (χ2v) is 5.17. The summed E-state index contributed by atoms with van der Waals surface area (Å²) >= 11 is 0. The summed E-state index contributed by atoms with van der Waals surface area (Å²) in [5.41, 5.74) is 6.69. The monoisotopic (exact) mass is 280 g/mol. The van der Waals surface area contributed by atoms with Crippen LogP contribution in [-0.4, -0.2) is 71.8 Å². The van der Waals surface area contributed by atoms with Crippen LogP contribution in [0.5, 0.6) is 0 Å². The molecule has 0 spiro atoms. The Morgan fingerprint density at radius 2 is 2.10 bits per heavy atom. The molecule has 7 heteroatoms. The number of hydrogen-bond acceptors (Lipinski definition) is 5. The van der Waals surface area contributed by atoms with Gasteiger partial charge >= 0.3 is 0 Å².